The fraction of sp³-hybridized carbons (Fsp3) is 1.00. The zero-order valence-electron chi connectivity index (χ0n) is 11.5. The van der Waals surface area contributed by atoms with Gasteiger partial charge in [-0.15, -0.1) is 0 Å². The Labute approximate surface area is 106 Å². The number of nitrogens with one attached hydrogen (secondary N) is 1. The minimum Gasteiger partial charge on any atom is -0.374 e. The van der Waals surface area contributed by atoms with E-state index in [1.54, 1.807) is 0 Å². The van der Waals surface area contributed by atoms with E-state index in [4.69, 9.17) is 4.74 Å². The first-order valence-corrected chi connectivity index (χ1v) is 7.28. The van der Waals surface area contributed by atoms with Crippen LogP contribution in [0.5, 0.6) is 0 Å². The Morgan fingerprint density at radius 1 is 1.24 bits per heavy atom. The molecule has 1 saturated heterocycles. The van der Waals surface area contributed by atoms with E-state index < -0.39 is 0 Å². The van der Waals surface area contributed by atoms with Gasteiger partial charge >= 0.3 is 0 Å². The molecular formula is C14H28N2O. The zero-order valence-corrected chi connectivity index (χ0v) is 11.5. The summed E-state index contributed by atoms with van der Waals surface area (Å²) in [5.74, 6) is 0.931. The number of hydrogen-bond donors (Lipinski definition) is 1. The van der Waals surface area contributed by atoms with Crippen LogP contribution in [0.1, 0.15) is 39.0 Å². The Morgan fingerprint density at radius 2 is 2.12 bits per heavy atom. The third-order valence-electron chi connectivity index (χ3n) is 4.35. The molecular weight excluding hydrogens is 212 g/mol. The molecule has 3 atom stereocenters. The van der Waals surface area contributed by atoms with Crippen LogP contribution < -0.4 is 5.32 Å². The highest BCUT2D eigenvalue weighted by atomic mass is 16.5. The molecule has 3 heteroatoms. The number of hydrogen-bond acceptors (Lipinski definition) is 3. The third-order valence-corrected chi connectivity index (χ3v) is 4.35. The standard InChI is InChI=1S/C14H28N2O/c1-12-4-3-5-13(7-6-12)16(2)11-14-10-15-8-9-17-14/h12-15H,3-11H2,1-2H3. The molecule has 1 N–H and O–H groups in total. The Kier molecular flexibility index (Phi) is 5.26. The van der Waals surface area contributed by atoms with Gasteiger partial charge in [0.2, 0.25) is 0 Å². The lowest BCUT2D eigenvalue weighted by Gasteiger charge is -2.32. The largest absolute Gasteiger partial charge is 0.374 e. The molecule has 1 aliphatic heterocycles. The summed E-state index contributed by atoms with van der Waals surface area (Å²) in [4.78, 5) is 2.54. The molecule has 1 aliphatic carbocycles. The zero-order chi connectivity index (χ0) is 12.1. The van der Waals surface area contributed by atoms with Gasteiger partial charge in [0, 0.05) is 25.7 Å². The lowest BCUT2D eigenvalue weighted by Crippen LogP contribution is -2.46. The molecule has 0 aromatic rings. The molecule has 2 aliphatic rings. The fourth-order valence-electron chi connectivity index (χ4n) is 3.12. The van der Waals surface area contributed by atoms with Crippen molar-refractivity contribution in [3.8, 4) is 0 Å². The Hall–Kier alpha value is -0.120. The van der Waals surface area contributed by atoms with Gasteiger partial charge in [-0.1, -0.05) is 19.8 Å². The number of nitrogens with zero attached hydrogens (tertiary/aromatic N) is 1. The first-order valence-electron chi connectivity index (χ1n) is 7.28. The summed E-state index contributed by atoms with van der Waals surface area (Å²) in [6, 6.07) is 0.783. The first-order chi connectivity index (χ1) is 8.25. The average molecular weight is 240 g/mol. The molecule has 100 valence electrons. The van der Waals surface area contributed by atoms with E-state index in [-0.39, 0.29) is 0 Å². The number of morpholine rings is 1. The van der Waals surface area contributed by atoms with Crippen molar-refractivity contribution in [3.05, 3.63) is 0 Å². The van der Waals surface area contributed by atoms with Crippen molar-refractivity contribution in [1.29, 1.82) is 0 Å². The molecule has 0 spiro atoms. The molecule has 17 heavy (non-hydrogen) atoms. The van der Waals surface area contributed by atoms with Crippen molar-refractivity contribution in [2.45, 2.75) is 51.2 Å². The van der Waals surface area contributed by atoms with Crippen LogP contribution in [-0.2, 0) is 4.74 Å². The van der Waals surface area contributed by atoms with E-state index in [0.29, 0.717) is 6.10 Å². The van der Waals surface area contributed by atoms with E-state index >= 15 is 0 Å². The van der Waals surface area contributed by atoms with Crippen molar-refractivity contribution in [2.24, 2.45) is 5.92 Å². The van der Waals surface area contributed by atoms with Gasteiger partial charge in [-0.05, 0) is 32.2 Å². The molecule has 2 rings (SSSR count). The second kappa shape index (κ2) is 6.72. The molecule has 2 fully saturated rings. The van der Waals surface area contributed by atoms with Gasteiger partial charge in [-0.25, -0.2) is 0 Å². The van der Waals surface area contributed by atoms with Crippen molar-refractivity contribution in [3.63, 3.8) is 0 Å². The number of likely N-dealkylation sites (N-methyl/N-ethyl adjacent to an activating group) is 1. The maximum Gasteiger partial charge on any atom is 0.0826 e. The maximum absolute atomic E-state index is 5.79. The normalized spacial score (nSPS) is 35.8. The van der Waals surface area contributed by atoms with E-state index in [2.05, 4.69) is 24.2 Å². The van der Waals surface area contributed by atoms with Crippen molar-refractivity contribution in [2.75, 3.05) is 33.3 Å². The Morgan fingerprint density at radius 3 is 2.88 bits per heavy atom. The van der Waals surface area contributed by atoms with E-state index in [1.807, 2.05) is 0 Å². The van der Waals surface area contributed by atoms with Gasteiger partial charge in [0.05, 0.1) is 12.7 Å². The van der Waals surface area contributed by atoms with Crippen LogP contribution in [0.15, 0.2) is 0 Å². The van der Waals surface area contributed by atoms with Crippen molar-refractivity contribution in [1.82, 2.24) is 10.2 Å². The molecule has 3 unspecified atom stereocenters. The van der Waals surface area contributed by atoms with Crippen LogP contribution in [0.3, 0.4) is 0 Å². The minimum absolute atomic E-state index is 0.398. The van der Waals surface area contributed by atoms with Crippen molar-refractivity contribution < 1.29 is 4.74 Å². The monoisotopic (exact) mass is 240 g/mol. The number of ether oxygens (including phenoxy) is 1. The summed E-state index contributed by atoms with van der Waals surface area (Å²) in [6.45, 7) is 6.40. The molecule has 0 bridgehead atoms. The van der Waals surface area contributed by atoms with Gasteiger partial charge in [-0.3, -0.25) is 0 Å². The predicted molar refractivity (Wildman–Crippen MR) is 71.3 cm³/mol. The topological polar surface area (TPSA) is 24.5 Å². The molecule has 0 radical (unpaired) electrons. The lowest BCUT2D eigenvalue weighted by molar-refractivity contribution is 0.00156. The molecule has 3 nitrogen and oxygen atoms in total. The quantitative estimate of drug-likeness (QED) is 0.762. The molecule has 0 aromatic heterocycles. The van der Waals surface area contributed by atoms with Gasteiger partial charge in [0.25, 0.3) is 0 Å². The van der Waals surface area contributed by atoms with Crippen LogP contribution in [0.25, 0.3) is 0 Å². The molecule has 0 amide bonds. The fourth-order valence-corrected chi connectivity index (χ4v) is 3.12. The van der Waals surface area contributed by atoms with Crippen LogP contribution in [0, 0.1) is 5.92 Å². The molecule has 0 aromatic carbocycles. The van der Waals surface area contributed by atoms with Gasteiger partial charge in [0.1, 0.15) is 0 Å². The SMILES string of the molecule is CC1CCCC(N(C)CC2CNCCO2)CC1. The Balaban J connectivity index is 1.75. The highest BCUT2D eigenvalue weighted by Crippen LogP contribution is 2.25. The van der Waals surface area contributed by atoms with Crippen LogP contribution in [0.4, 0.5) is 0 Å². The minimum atomic E-state index is 0.398. The van der Waals surface area contributed by atoms with Gasteiger partial charge in [0.15, 0.2) is 0 Å². The highest BCUT2D eigenvalue weighted by Gasteiger charge is 2.23. The molecule has 1 saturated carbocycles. The first kappa shape index (κ1) is 13.3. The van der Waals surface area contributed by atoms with Crippen LogP contribution in [-0.4, -0.2) is 50.3 Å². The van der Waals surface area contributed by atoms with E-state index in [0.717, 1.165) is 38.2 Å². The van der Waals surface area contributed by atoms with Crippen molar-refractivity contribution >= 4 is 0 Å². The van der Waals surface area contributed by atoms with Gasteiger partial charge < -0.3 is 15.0 Å². The van der Waals surface area contributed by atoms with E-state index in [1.165, 1.54) is 32.1 Å². The summed E-state index contributed by atoms with van der Waals surface area (Å²) in [6.07, 6.45) is 7.37. The summed E-state index contributed by atoms with van der Waals surface area (Å²) in [7, 11) is 2.28. The predicted octanol–water partition coefficient (Wildman–Crippen LogP) is 1.88. The average Bonchev–Trinajstić information content (AvgIpc) is 2.55. The summed E-state index contributed by atoms with van der Waals surface area (Å²) in [5, 5.41) is 3.41. The lowest BCUT2D eigenvalue weighted by atomic mass is 10.0. The Bertz CT molecular complexity index is 216. The highest BCUT2D eigenvalue weighted by molar-refractivity contribution is 4.78. The number of rotatable bonds is 3. The second-order valence-electron chi connectivity index (χ2n) is 5.90. The maximum atomic E-state index is 5.79. The smallest absolute Gasteiger partial charge is 0.0826 e. The summed E-state index contributed by atoms with van der Waals surface area (Å²) in [5.41, 5.74) is 0. The second-order valence-corrected chi connectivity index (χ2v) is 5.90. The van der Waals surface area contributed by atoms with Crippen LogP contribution >= 0.6 is 0 Å². The van der Waals surface area contributed by atoms with Crippen LogP contribution in [0.2, 0.25) is 0 Å². The van der Waals surface area contributed by atoms with E-state index in [9.17, 15) is 0 Å². The molecule has 1 heterocycles. The summed E-state index contributed by atoms with van der Waals surface area (Å²) >= 11 is 0. The summed E-state index contributed by atoms with van der Waals surface area (Å²) < 4.78 is 5.79. The van der Waals surface area contributed by atoms with Gasteiger partial charge in [-0.2, -0.15) is 0 Å². The third kappa shape index (κ3) is 4.23.